The van der Waals surface area contributed by atoms with Crippen LogP contribution in [0.15, 0.2) is 59.5 Å². The summed E-state index contributed by atoms with van der Waals surface area (Å²) in [6, 6.07) is 18.3. The number of benzene rings is 2. The maximum Gasteiger partial charge on any atom is 0.235 e. The van der Waals surface area contributed by atoms with Crippen molar-refractivity contribution >= 4 is 29.3 Å². The Morgan fingerprint density at radius 3 is 2.32 bits per heavy atom. The molecule has 4 nitrogen and oxygen atoms in total. The van der Waals surface area contributed by atoms with Gasteiger partial charge in [-0.3, -0.25) is 9.59 Å². The van der Waals surface area contributed by atoms with E-state index in [2.05, 4.69) is 35.6 Å². The van der Waals surface area contributed by atoms with Gasteiger partial charge >= 0.3 is 0 Å². The predicted octanol–water partition coefficient (Wildman–Crippen LogP) is 4.61. The third-order valence-corrected chi connectivity index (χ3v) is 6.23. The minimum Gasteiger partial charge on any atom is -0.342 e. The Labute approximate surface area is 171 Å². The topological polar surface area (TPSA) is 49.4 Å². The summed E-state index contributed by atoms with van der Waals surface area (Å²) in [5, 5.41) is 2.64. The van der Waals surface area contributed by atoms with Crippen LogP contribution in [-0.2, 0) is 16.0 Å². The first-order valence-corrected chi connectivity index (χ1v) is 10.8. The van der Waals surface area contributed by atoms with E-state index in [1.807, 2.05) is 36.1 Å². The van der Waals surface area contributed by atoms with E-state index >= 15 is 0 Å². The van der Waals surface area contributed by atoms with Crippen LogP contribution in [0.2, 0.25) is 0 Å². The lowest BCUT2D eigenvalue weighted by Crippen LogP contribution is -2.42. The molecule has 1 fully saturated rings. The van der Waals surface area contributed by atoms with Gasteiger partial charge < -0.3 is 10.2 Å². The number of nitrogens with zero attached hydrogens (tertiary/aromatic N) is 1. The number of amides is 2. The largest absolute Gasteiger partial charge is 0.342 e. The molecule has 3 rings (SSSR count). The molecular weight excluding hydrogens is 368 g/mol. The van der Waals surface area contributed by atoms with Crippen molar-refractivity contribution in [2.45, 2.75) is 43.3 Å². The molecule has 0 saturated carbocycles. The highest BCUT2D eigenvalue weighted by Gasteiger charge is 2.26. The van der Waals surface area contributed by atoms with Gasteiger partial charge in [0.15, 0.2) is 0 Å². The monoisotopic (exact) mass is 396 g/mol. The second-order valence-corrected chi connectivity index (χ2v) is 8.84. The van der Waals surface area contributed by atoms with Gasteiger partial charge in [0.1, 0.15) is 0 Å². The summed E-state index contributed by atoms with van der Waals surface area (Å²) in [6.45, 7) is 5.17. The molecule has 0 aliphatic carbocycles. The van der Waals surface area contributed by atoms with E-state index in [1.165, 1.54) is 12.5 Å². The van der Waals surface area contributed by atoms with Gasteiger partial charge in [0.25, 0.3) is 0 Å². The van der Waals surface area contributed by atoms with Gasteiger partial charge in [0, 0.05) is 30.6 Å². The number of hydrogen-bond donors (Lipinski definition) is 1. The van der Waals surface area contributed by atoms with Crippen LogP contribution in [-0.4, -0.2) is 35.1 Å². The number of hydrogen-bond acceptors (Lipinski definition) is 3. The van der Waals surface area contributed by atoms with Crippen molar-refractivity contribution in [2.24, 2.45) is 5.92 Å². The van der Waals surface area contributed by atoms with Crippen LogP contribution in [0.5, 0.6) is 0 Å². The zero-order valence-electron chi connectivity index (χ0n) is 16.6. The Balaban J connectivity index is 1.47. The highest BCUT2D eigenvalue weighted by Crippen LogP contribution is 2.28. The van der Waals surface area contributed by atoms with Crippen molar-refractivity contribution in [3.8, 4) is 0 Å². The van der Waals surface area contributed by atoms with Crippen LogP contribution in [0.3, 0.4) is 0 Å². The van der Waals surface area contributed by atoms with Crippen molar-refractivity contribution in [2.75, 3.05) is 18.4 Å². The van der Waals surface area contributed by atoms with Gasteiger partial charge in [-0.1, -0.05) is 30.3 Å². The quantitative estimate of drug-likeness (QED) is 0.726. The third kappa shape index (κ3) is 5.86. The summed E-state index contributed by atoms with van der Waals surface area (Å²) in [4.78, 5) is 27.0. The fraction of sp³-hybridized carbons (Fsp3) is 0.391. The van der Waals surface area contributed by atoms with Gasteiger partial charge in [-0.2, -0.15) is 0 Å². The minimum atomic E-state index is -0.114. The lowest BCUT2D eigenvalue weighted by atomic mass is 9.90. The third-order valence-electron chi connectivity index (χ3n) is 5.13. The first-order chi connectivity index (χ1) is 13.5. The molecule has 1 heterocycles. The van der Waals surface area contributed by atoms with Crippen molar-refractivity contribution in [3.05, 3.63) is 60.2 Å². The van der Waals surface area contributed by atoms with Crippen LogP contribution in [0.25, 0.3) is 0 Å². The van der Waals surface area contributed by atoms with Gasteiger partial charge in [0.05, 0.1) is 5.25 Å². The molecule has 28 heavy (non-hydrogen) atoms. The molecule has 0 aromatic heterocycles. The molecule has 2 aromatic carbocycles. The maximum absolute atomic E-state index is 12.8. The highest BCUT2D eigenvalue weighted by molar-refractivity contribution is 8.00. The second-order valence-electron chi connectivity index (χ2n) is 7.42. The molecule has 148 valence electrons. The van der Waals surface area contributed by atoms with Crippen LogP contribution in [0.1, 0.15) is 32.3 Å². The molecular formula is C23H28N2O2S. The predicted molar refractivity (Wildman–Crippen MR) is 116 cm³/mol. The summed E-state index contributed by atoms with van der Waals surface area (Å²) in [7, 11) is 0. The normalized spacial score (nSPS) is 15.9. The van der Waals surface area contributed by atoms with Crippen LogP contribution in [0.4, 0.5) is 5.69 Å². The van der Waals surface area contributed by atoms with E-state index in [1.54, 1.807) is 11.8 Å². The number of likely N-dealkylation sites (tertiary alicyclic amines) is 1. The van der Waals surface area contributed by atoms with Crippen LogP contribution >= 0.6 is 11.8 Å². The molecule has 1 aliphatic rings. The fourth-order valence-corrected chi connectivity index (χ4v) is 4.59. The van der Waals surface area contributed by atoms with E-state index in [9.17, 15) is 9.59 Å². The van der Waals surface area contributed by atoms with Gasteiger partial charge in [-0.15, -0.1) is 11.8 Å². The Kier molecular flexibility index (Phi) is 7.15. The fourth-order valence-electron chi connectivity index (χ4n) is 3.64. The standard InChI is InChI=1S/C23H28N2O2S/c1-17(28-22-10-8-21(9-11-22)24-18(2)26)23(27)25-14-12-20(13-15-25)16-19-6-4-3-5-7-19/h3-11,17,20H,12-16H2,1-2H3,(H,24,26)/t17-/m0/s1. The Morgan fingerprint density at radius 1 is 1.07 bits per heavy atom. The number of nitrogens with one attached hydrogen (secondary N) is 1. The van der Waals surface area contributed by atoms with Crippen LogP contribution in [0, 0.1) is 5.92 Å². The lowest BCUT2D eigenvalue weighted by molar-refractivity contribution is -0.131. The number of thioether (sulfide) groups is 1. The lowest BCUT2D eigenvalue weighted by Gasteiger charge is -2.33. The highest BCUT2D eigenvalue weighted by atomic mass is 32.2. The molecule has 0 spiro atoms. The van der Waals surface area contributed by atoms with E-state index in [0.717, 1.165) is 42.9 Å². The molecule has 1 N–H and O–H groups in total. The van der Waals surface area contributed by atoms with E-state index in [-0.39, 0.29) is 17.1 Å². The minimum absolute atomic E-state index is 0.0837. The molecule has 1 saturated heterocycles. The van der Waals surface area contributed by atoms with Gasteiger partial charge in [-0.05, 0) is 61.9 Å². The maximum atomic E-state index is 12.8. The summed E-state index contributed by atoms with van der Waals surface area (Å²) in [5.41, 5.74) is 2.16. The van der Waals surface area contributed by atoms with E-state index in [0.29, 0.717) is 5.92 Å². The zero-order valence-corrected chi connectivity index (χ0v) is 17.4. The summed E-state index contributed by atoms with van der Waals surface area (Å²) in [5.74, 6) is 0.796. The first kappa shape index (κ1) is 20.5. The molecule has 5 heteroatoms. The van der Waals surface area contributed by atoms with Crippen molar-refractivity contribution in [1.82, 2.24) is 4.90 Å². The molecule has 0 bridgehead atoms. The summed E-state index contributed by atoms with van der Waals surface area (Å²) >= 11 is 1.57. The van der Waals surface area contributed by atoms with Gasteiger partial charge in [0.2, 0.25) is 11.8 Å². The van der Waals surface area contributed by atoms with Crippen molar-refractivity contribution in [1.29, 1.82) is 0 Å². The Morgan fingerprint density at radius 2 is 1.71 bits per heavy atom. The first-order valence-electron chi connectivity index (χ1n) is 9.88. The summed E-state index contributed by atoms with van der Waals surface area (Å²) < 4.78 is 0. The summed E-state index contributed by atoms with van der Waals surface area (Å²) in [6.07, 6.45) is 3.25. The van der Waals surface area contributed by atoms with E-state index in [4.69, 9.17) is 0 Å². The number of rotatable bonds is 6. The number of carbonyl (C=O) groups is 2. The smallest absolute Gasteiger partial charge is 0.235 e. The molecule has 0 radical (unpaired) electrons. The second kappa shape index (κ2) is 9.78. The average Bonchev–Trinajstić information content (AvgIpc) is 2.70. The van der Waals surface area contributed by atoms with Gasteiger partial charge in [-0.25, -0.2) is 0 Å². The number of piperidine rings is 1. The number of anilines is 1. The number of carbonyl (C=O) groups excluding carboxylic acids is 2. The van der Waals surface area contributed by atoms with Crippen molar-refractivity contribution < 1.29 is 9.59 Å². The molecule has 1 aliphatic heterocycles. The zero-order chi connectivity index (χ0) is 19.9. The van der Waals surface area contributed by atoms with Crippen LogP contribution < -0.4 is 5.32 Å². The molecule has 0 unspecified atom stereocenters. The average molecular weight is 397 g/mol. The van der Waals surface area contributed by atoms with Crippen molar-refractivity contribution in [3.63, 3.8) is 0 Å². The SMILES string of the molecule is CC(=O)Nc1ccc(S[C@@H](C)C(=O)N2CCC(Cc3ccccc3)CC2)cc1. The Bertz CT molecular complexity index is 784. The molecule has 2 amide bonds. The Hall–Kier alpha value is -2.27. The molecule has 1 atom stereocenters. The van der Waals surface area contributed by atoms with E-state index < -0.39 is 0 Å². The molecule has 2 aromatic rings.